The van der Waals surface area contributed by atoms with Crippen LogP contribution in [0.5, 0.6) is 0 Å². The average molecular weight is 733 g/mol. The fraction of sp³-hybridized carbons (Fsp3) is 0.0175. The first-order valence-electron chi connectivity index (χ1n) is 20.2. The highest BCUT2D eigenvalue weighted by molar-refractivity contribution is 6.25. The first-order chi connectivity index (χ1) is 28.8. The summed E-state index contributed by atoms with van der Waals surface area (Å²) in [5, 5.41) is 12.7. The van der Waals surface area contributed by atoms with Crippen LogP contribution in [0.25, 0.3) is 110 Å². The summed E-state index contributed by atoms with van der Waals surface area (Å²) in [5.74, 6) is 0. The van der Waals surface area contributed by atoms with Crippen molar-refractivity contribution in [3.05, 3.63) is 216 Å². The second-order valence-corrected chi connectivity index (χ2v) is 16.3. The second-order valence-electron chi connectivity index (χ2n) is 16.3. The second kappa shape index (κ2) is 10.9. The van der Waals surface area contributed by atoms with Gasteiger partial charge in [-0.3, -0.25) is 0 Å². The highest BCUT2D eigenvalue weighted by atomic mass is 16.3. The summed E-state index contributed by atoms with van der Waals surface area (Å²) in [6, 6.07) is 72.8. The van der Waals surface area contributed by atoms with Crippen LogP contribution >= 0.6 is 0 Å². The van der Waals surface area contributed by atoms with Crippen LogP contribution in [0, 0.1) is 0 Å². The van der Waals surface area contributed by atoms with E-state index in [1.165, 1.54) is 110 Å². The molecular formula is C57H32O. The Kier molecular flexibility index (Phi) is 5.76. The van der Waals surface area contributed by atoms with Crippen molar-refractivity contribution in [1.82, 2.24) is 0 Å². The van der Waals surface area contributed by atoms with Gasteiger partial charge in [0.2, 0.25) is 0 Å². The van der Waals surface area contributed by atoms with Gasteiger partial charge in [-0.25, -0.2) is 0 Å². The van der Waals surface area contributed by atoms with E-state index in [0.717, 1.165) is 21.9 Å². The van der Waals surface area contributed by atoms with E-state index in [2.05, 4.69) is 188 Å². The first kappa shape index (κ1) is 30.7. The third-order valence-electron chi connectivity index (χ3n) is 13.6. The van der Waals surface area contributed by atoms with Gasteiger partial charge >= 0.3 is 0 Å². The Morgan fingerprint density at radius 1 is 0.293 bits per heavy atom. The number of furan rings is 1. The Labute approximate surface area is 334 Å². The predicted molar refractivity (Wildman–Crippen MR) is 242 cm³/mol. The van der Waals surface area contributed by atoms with Gasteiger partial charge in [0, 0.05) is 10.8 Å². The maximum Gasteiger partial charge on any atom is 0.135 e. The molecule has 0 aliphatic heterocycles. The van der Waals surface area contributed by atoms with E-state index >= 15 is 0 Å². The van der Waals surface area contributed by atoms with Gasteiger partial charge in [-0.2, -0.15) is 0 Å². The van der Waals surface area contributed by atoms with Gasteiger partial charge in [-0.05, 0) is 134 Å². The molecule has 0 amide bonds. The van der Waals surface area contributed by atoms with Crippen molar-refractivity contribution in [3.63, 3.8) is 0 Å². The van der Waals surface area contributed by atoms with E-state index < -0.39 is 5.41 Å². The molecule has 2 aliphatic rings. The van der Waals surface area contributed by atoms with Crippen LogP contribution in [-0.4, -0.2) is 0 Å². The molecule has 2 aliphatic carbocycles. The molecule has 14 rings (SSSR count). The summed E-state index contributed by atoms with van der Waals surface area (Å²) in [5.41, 5.74) is 17.0. The smallest absolute Gasteiger partial charge is 0.135 e. The minimum Gasteiger partial charge on any atom is -0.456 e. The third-order valence-corrected chi connectivity index (χ3v) is 13.6. The van der Waals surface area contributed by atoms with E-state index in [-0.39, 0.29) is 0 Å². The molecule has 0 radical (unpaired) electrons. The zero-order chi connectivity index (χ0) is 37.7. The SMILES string of the molecule is c1ccc2c(c1)-c1ccccc1C21c2cc(-c3ccc4ccc5cccc6ccc3c4c56)ccc2-c2ccc3c(-c4ccc5oc6ccccc6c5c4)cccc3c21. The molecule has 0 fully saturated rings. The summed E-state index contributed by atoms with van der Waals surface area (Å²) < 4.78 is 6.25. The van der Waals surface area contributed by atoms with Crippen LogP contribution in [0.2, 0.25) is 0 Å². The molecule has 1 heterocycles. The van der Waals surface area contributed by atoms with E-state index in [1.807, 2.05) is 6.07 Å². The molecule has 1 nitrogen and oxygen atoms in total. The van der Waals surface area contributed by atoms with E-state index in [4.69, 9.17) is 4.42 Å². The Morgan fingerprint density at radius 2 is 0.845 bits per heavy atom. The van der Waals surface area contributed by atoms with Gasteiger partial charge in [0.15, 0.2) is 0 Å². The van der Waals surface area contributed by atoms with Crippen LogP contribution in [0.4, 0.5) is 0 Å². The van der Waals surface area contributed by atoms with E-state index in [1.54, 1.807) is 0 Å². The van der Waals surface area contributed by atoms with Crippen LogP contribution in [0.3, 0.4) is 0 Å². The fourth-order valence-corrected chi connectivity index (χ4v) is 11.3. The molecule has 12 aromatic rings. The molecule has 58 heavy (non-hydrogen) atoms. The lowest BCUT2D eigenvalue weighted by atomic mass is 9.69. The minimum atomic E-state index is -0.500. The Morgan fingerprint density at radius 3 is 1.69 bits per heavy atom. The van der Waals surface area contributed by atoms with Gasteiger partial charge in [-0.15, -0.1) is 0 Å². The van der Waals surface area contributed by atoms with Crippen molar-refractivity contribution in [3.8, 4) is 44.5 Å². The molecule has 0 bridgehead atoms. The van der Waals surface area contributed by atoms with Crippen LogP contribution in [0.15, 0.2) is 199 Å². The van der Waals surface area contributed by atoms with Crippen LogP contribution in [0.1, 0.15) is 22.3 Å². The molecule has 1 heteroatoms. The van der Waals surface area contributed by atoms with Crippen molar-refractivity contribution < 1.29 is 4.42 Å². The monoisotopic (exact) mass is 732 g/mol. The zero-order valence-electron chi connectivity index (χ0n) is 31.4. The van der Waals surface area contributed by atoms with Gasteiger partial charge in [0.1, 0.15) is 11.2 Å². The maximum atomic E-state index is 6.25. The number of fused-ring (bicyclic) bond motifs is 15. The van der Waals surface area contributed by atoms with Crippen LogP contribution in [-0.2, 0) is 5.41 Å². The maximum absolute atomic E-state index is 6.25. The largest absolute Gasteiger partial charge is 0.456 e. The highest BCUT2D eigenvalue weighted by Crippen LogP contribution is 2.64. The molecule has 1 aromatic heterocycles. The molecule has 1 spiro atoms. The normalized spacial score (nSPS) is 13.7. The van der Waals surface area contributed by atoms with Gasteiger partial charge < -0.3 is 4.42 Å². The summed E-state index contributed by atoms with van der Waals surface area (Å²) in [4.78, 5) is 0. The van der Waals surface area contributed by atoms with Crippen molar-refractivity contribution in [2.45, 2.75) is 5.41 Å². The molecular weight excluding hydrogens is 701 g/mol. The van der Waals surface area contributed by atoms with Gasteiger partial charge in [-0.1, -0.05) is 170 Å². The van der Waals surface area contributed by atoms with Crippen molar-refractivity contribution in [2.24, 2.45) is 0 Å². The quantitative estimate of drug-likeness (QED) is 0.161. The Hall–Kier alpha value is -7.48. The zero-order valence-corrected chi connectivity index (χ0v) is 31.4. The lowest BCUT2D eigenvalue weighted by molar-refractivity contribution is 0.669. The summed E-state index contributed by atoms with van der Waals surface area (Å²) in [6.07, 6.45) is 0. The number of hydrogen-bond donors (Lipinski definition) is 0. The summed E-state index contributed by atoms with van der Waals surface area (Å²) in [6.45, 7) is 0. The van der Waals surface area contributed by atoms with Gasteiger partial charge in [0.25, 0.3) is 0 Å². The topological polar surface area (TPSA) is 13.1 Å². The number of benzene rings is 11. The average Bonchev–Trinajstić information content (AvgIpc) is 3.91. The predicted octanol–water partition coefficient (Wildman–Crippen LogP) is 15.3. The van der Waals surface area contributed by atoms with Crippen LogP contribution < -0.4 is 0 Å². The first-order valence-corrected chi connectivity index (χ1v) is 20.2. The van der Waals surface area contributed by atoms with Crippen molar-refractivity contribution in [1.29, 1.82) is 0 Å². The van der Waals surface area contributed by atoms with E-state index in [0.29, 0.717) is 0 Å². The minimum absolute atomic E-state index is 0.500. The third kappa shape index (κ3) is 3.72. The standard InChI is InChI=1S/C57H32O/c1-4-16-49-41(11-1)42-12-2-5-17-50(42)57(49)51-32-37(39-25-21-35-20-19-33-9-7-10-34-22-27-45(39)55(35)54(33)34)23-26-43(51)47-29-28-40-38(14-8-15-46(40)56(47)57)36-24-30-53-48(31-36)44-13-3-6-18-52(44)58-53/h1-32H. The summed E-state index contributed by atoms with van der Waals surface area (Å²) in [7, 11) is 0. The molecule has 0 saturated heterocycles. The molecule has 0 N–H and O–H groups in total. The molecule has 11 aromatic carbocycles. The molecule has 0 unspecified atom stereocenters. The van der Waals surface area contributed by atoms with E-state index in [9.17, 15) is 0 Å². The lowest BCUT2D eigenvalue weighted by Gasteiger charge is -2.32. The van der Waals surface area contributed by atoms with Crippen molar-refractivity contribution in [2.75, 3.05) is 0 Å². The Bertz CT molecular complexity index is 3690. The molecule has 266 valence electrons. The highest BCUT2D eigenvalue weighted by Gasteiger charge is 2.52. The fourth-order valence-electron chi connectivity index (χ4n) is 11.3. The number of hydrogen-bond acceptors (Lipinski definition) is 1. The number of para-hydroxylation sites is 1. The van der Waals surface area contributed by atoms with Gasteiger partial charge in [0.05, 0.1) is 5.41 Å². The number of rotatable bonds is 2. The lowest BCUT2D eigenvalue weighted by Crippen LogP contribution is -2.26. The molecule has 0 saturated carbocycles. The molecule has 0 atom stereocenters. The Balaban J connectivity index is 1.06. The summed E-state index contributed by atoms with van der Waals surface area (Å²) >= 11 is 0. The van der Waals surface area contributed by atoms with Crippen molar-refractivity contribution >= 4 is 65.0 Å².